The van der Waals surface area contributed by atoms with Crippen molar-refractivity contribution in [1.82, 2.24) is 0 Å². The summed E-state index contributed by atoms with van der Waals surface area (Å²) in [6.45, 7) is 4.60. The van der Waals surface area contributed by atoms with Crippen LogP contribution >= 0.6 is 0 Å². The Labute approximate surface area is 204 Å². The molecular formula is C31H45FSi. The van der Waals surface area contributed by atoms with Crippen molar-refractivity contribution in [2.75, 3.05) is 0 Å². The maximum atomic E-state index is 15.2. The monoisotopic (exact) mass is 464 g/mol. The first-order valence-corrected chi connectivity index (χ1v) is 16.1. The van der Waals surface area contributed by atoms with Crippen molar-refractivity contribution >= 4 is 9.52 Å². The number of unbranched alkanes of at least 4 members (excludes halogenated alkanes) is 2. The Kier molecular flexibility index (Phi) is 8.85. The first-order chi connectivity index (χ1) is 16.1. The van der Waals surface area contributed by atoms with Gasteiger partial charge >= 0.3 is 0 Å². The van der Waals surface area contributed by atoms with E-state index in [-0.39, 0.29) is 15.3 Å². The molecule has 2 aliphatic rings. The Hall–Kier alpha value is -1.41. The van der Waals surface area contributed by atoms with E-state index in [0.29, 0.717) is 11.3 Å². The lowest BCUT2D eigenvalue weighted by atomic mass is 9.72. The van der Waals surface area contributed by atoms with Crippen LogP contribution in [0.1, 0.15) is 108 Å². The van der Waals surface area contributed by atoms with E-state index in [4.69, 9.17) is 0 Å². The van der Waals surface area contributed by atoms with E-state index in [2.05, 4.69) is 44.2 Å². The Morgan fingerprint density at radius 3 is 2.24 bits per heavy atom. The summed E-state index contributed by atoms with van der Waals surface area (Å²) >= 11 is 0. The maximum Gasteiger partial charge on any atom is 0.131 e. The van der Waals surface area contributed by atoms with Gasteiger partial charge in [0, 0.05) is 15.1 Å². The highest BCUT2D eigenvalue weighted by Crippen LogP contribution is 2.43. The van der Waals surface area contributed by atoms with Gasteiger partial charge in [0.05, 0.1) is 0 Å². The van der Waals surface area contributed by atoms with Crippen LogP contribution in [0.2, 0.25) is 12.1 Å². The molecule has 2 aromatic carbocycles. The summed E-state index contributed by atoms with van der Waals surface area (Å²) in [7, 11) is 0.192. The number of rotatable bonds is 9. The molecule has 0 spiro atoms. The summed E-state index contributed by atoms with van der Waals surface area (Å²) in [5, 5.41) is 0. The fraction of sp³-hybridized carbons (Fsp3) is 0.613. The van der Waals surface area contributed by atoms with Gasteiger partial charge in [-0.05, 0) is 85.0 Å². The van der Waals surface area contributed by atoms with E-state index < -0.39 is 0 Å². The van der Waals surface area contributed by atoms with E-state index in [1.54, 1.807) is 0 Å². The summed E-state index contributed by atoms with van der Waals surface area (Å²) in [5.41, 5.74) is 4.89. The van der Waals surface area contributed by atoms with E-state index in [0.717, 1.165) is 17.0 Å². The van der Waals surface area contributed by atoms with Gasteiger partial charge in [0.2, 0.25) is 0 Å². The van der Waals surface area contributed by atoms with Crippen LogP contribution < -0.4 is 0 Å². The molecule has 0 atom stereocenters. The molecule has 0 radical (unpaired) electrons. The molecule has 2 heteroatoms. The molecule has 2 aromatic rings. The molecule has 1 aliphatic heterocycles. The largest absolute Gasteiger partial charge is 0.206 e. The molecule has 0 unspecified atom stereocenters. The minimum absolute atomic E-state index is 0.0442. The van der Waals surface area contributed by atoms with Crippen LogP contribution in [-0.4, -0.2) is 9.52 Å². The lowest BCUT2D eigenvalue weighted by Gasteiger charge is -2.38. The van der Waals surface area contributed by atoms with Crippen LogP contribution in [0, 0.1) is 11.7 Å². The predicted octanol–water partition coefficient (Wildman–Crippen LogP) is 9.18. The van der Waals surface area contributed by atoms with Crippen LogP contribution in [0.3, 0.4) is 0 Å². The van der Waals surface area contributed by atoms with Crippen LogP contribution in [0.25, 0.3) is 11.1 Å². The van der Waals surface area contributed by atoms with Gasteiger partial charge in [-0.25, -0.2) is 4.39 Å². The lowest BCUT2D eigenvalue weighted by molar-refractivity contribution is 0.302. The first-order valence-electron chi connectivity index (χ1n) is 14.1. The van der Waals surface area contributed by atoms with E-state index in [1.165, 1.54) is 100 Å². The van der Waals surface area contributed by atoms with Gasteiger partial charge < -0.3 is 0 Å². The predicted molar refractivity (Wildman–Crippen MR) is 145 cm³/mol. The van der Waals surface area contributed by atoms with Crippen molar-refractivity contribution < 1.29 is 4.39 Å². The average molecular weight is 465 g/mol. The molecule has 1 saturated heterocycles. The third-order valence-corrected chi connectivity index (χ3v) is 10.6. The normalized spacial score (nSPS) is 26.5. The van der Waals surface area contributed by atoms with Crippen LogP contribution in [0.5, 0.6) is 0 Å². The van der Waals surface area contributed by atoms with Crippen molar-refractivity contribution in [3.05, 3.63) is 59.4 Å². The van der Waals surface area contributed by atoms with Crippen molar-refractivity contribution in [3.63, 3.8) is 0 Å². The lowest BCUT2D eigenvalue weighted by Crippen LogP contribution is -2.30. The highest BCUT2D eigenvalue weighted by molar-refractivity contribution is 6.35. The third-order valence-electron chi connectivity index (χ3n) is 8.87. The summed E-state index contributed by atoms with van der Waals surface area (Å²) < 4.78 is 15.2. The first kappa shape index (κ1) is 24.7. The molecular weight excluding hydrogens is 419 g/mol. The van der Waals surface area contributed by atoms with Crippen LogP contribution in [0.4, 0.5) is 4.39 Å². The van der Waals surface area contributed by atoms with Gasteiger partial charge in [0.25, 0.3) is 0 Å². The quantitative estimate of drug-likeness (QED) is 0.256. The fourth-order valence-electron chi connectivity index (χ4n) is 6.88. The van der Waals surface area contributed by atoms with Gasteiger partial charge in [-0.3, -0.25) is 0 Å². The molecule has 180 valence electrons. The molecule has 0 amide bonds. The van der Waals surface area contributed by atoms with Crippen molar-refractivity contribution in [2.45, 2.75) is 114 Å². The Balaban J connectivity index is 1.42. The van der Waals surface area contributed by atoms with Gasteiger partial charge in [-0.1, -0.05) is 94.4 Å². The van der Waals surface area contributed by atoms with E-state index in [9.17, 15) is 0 Å². The molecule has 0 N–H and O–H groups in total. The summed E-state index contributed by atoms with van der Waals surface area (Å²) in [6.07, 6.45) is 15.8. The fourth-order valence-corrected chi connectivity index (χ4v) is 9.09. The Morgan fingerprint density at radius 1 is 0.879 bits per heavy atom. The zero-order valence-electron chi connectivity index (χ0n) is 21.2. The van der Waals surface area contributed by atoms with E-state index >= 15 is 4.39 Å². The number of hydrogen-bond acceptors (Lipinski definition) is 0. The van der Waals surface area contributed by atoms with Crippen molar-refractivity contribution in [2.24, 2.45) is 5.92 Å². The van der Waals surface area contributed by atoms with Gasteiger partial charge in [0.15, 0.2) is 0 Å². The Bertz CT molecular complexity index is 851. The zero-order valence-corrected chi connectivity index (χ0v) is 22.6. The summed E-state index contributed by atoms with van der Waals surface area (Å²) in [6, 6.07) is 18.0. The van der Waals surface area contributed by atoms with Crippen molar-refractivity contribution in [1.29, 1.82) is 0 Å². The molecule has 33 heavy (non-hydrogen) atoms. The zero-order chi connectivity index (χ0) is 23.1. The minimum atomic E-state index is -0.0442. The second-order valence-electron chi connectivity index (χ2n) is 11.1. The maximum absolute atomic E-state index is 15.2. The van der Waals surface area contributed by atoms with Gasteiger partial charge in [0.1, 0.15) is 5.82 Å². The molecule has 1 heterocycles. The van der Waals surface area contributed by atoms with Crippen LogP contribution in [-0.2, 0) is 5.41 Å². The van der Waals surface area contributed by atoms with Gasteiger partial charge in [-0.15, -0.1) is 0 Å². The van der Waals surface area contributed by atoms with Crippen molar-refractivity contribution in [3.8, 4) is 11.1 Å². The number of benzene rings is 2. The smallest absolute Gasteiger partial charge is 0.131 e. The molecule has 0 nitrogen and oxygen atoms in total. The second-order valence-corrected chi connectivity index (χ2v) is 13.2. The molecule has 1 aliphatic carbocycles. The standard InChI is InChI=1S/C31H45FSi/c1-3-5-6-7-24-8-10-25(11-9-24)27-14-17-29(30(32)23-27)26-12-15-28(16-13-26)31(18-4-2)19-21-33-22-20-31/h12-17,23-25H,3-11,18-22,33H2,1-2H3. The highest BCUT2D eigenvalue weighted by atomic mass is 28.2. The molecule has 2 fully saturated rings. The molecule has 4 rings (SSSR count). The Morgan fingerprint density at radius 2 is 1.61 bits per heavy atom. The average Bonchev–Trinajstić information content (AvgIpc) is 2.85. The molecule has 1 saturated carbocycles. The van der Waals surface area contributed by atoms with E-state index in [1.807, 2.05) is 12.1 Å². The van der Waals surface area contributed by atoms with Crippen LogP contribution in [0.15, 0.2) is 42.5 Å². The topological polar surface area (TPSA) is 0 Å². The second kappa shape index (κ2) is 11.8. The van der Waals surface area contributed by atoms with Gasteiger partial charge in [-0.2, -0.15) is 0 Å². The molecule has 0 bridgehead atoms. The number of halogens is 1. The SMILES string of the molecule is CCCCCC1CCC(c2ccc(-c3ccc(C4(CCC)CC[SiH2]CC4)cc3)c(F)c2)CC1. The molecule has 0 aromatic heterocycles. The summed E-state index contributed by atoms with van der Waals surface area (Å²) in [5.74, 6) is 1.40. The summed E-state index contributed by atoms with van der Waals surface area (Å²) in [4.78, 5) is 0. The minimum Gasteiger partial charge on any atom is -0.206 e. The highest BCUT2D eigenvalue weighted by Gasteiger charge is 2.33. The third kappa shape index (κ3) is 5.99. The number of hydrogen-bond donors (Lipinski definition) is 0.